The van der Waals surface area contributed by atoms with Gasteiger partial charge in [-0.25, -0.2) is 8.42 Å². The maximum absolute atomic E-state index is 11.9. The zero-order chi connectivity index (χ0) is 12.3. The third-order valence-corrected chi connectivity index (χ3v) is 4.62. The molecule has 1 fully saturated rings. The predicted molar refractivity (Wildman–Crippen MR) is 64.1 cm³/mol. The van der Waals surface area contributed by atoms with Crippen LogP contribution in [0.5, 0.6) is 0 Å². The normalized spacial score (nSPS) is 22.9. The molecule has 1 saturated heterocycles. The predicted octanol–water partition coefficient (Wildman–Crippen LogP) is -1.06. The highest BCUT2D eigenvalue weighted by molar-refractivity contribution is 7.92. The SMILES string of the molecule is NC(=O)C1CCCCN1S(=O)(=O)CC(N)=S. The van der Waals surface area contributed by atoms with Crippen molar-refractivity contribution >= 4 is 33.1 Å². The Morgan fingerprint density at radius 3 is 2.50 bits per heavy atom. The monoisotopic (exact) mass is 265 g/mol. The lowest BCUT2D eigenvalue weighted by Crippen LogP contribution is -2.52. The molecule has 1 atom stereocenters. The second kappa shape index (κ2) is 5.07. The van der Waals surface area contributed by atoms with Gasteiger partial charge in [-0.05, 0) is 12.8 Å². The Hall–Kier alpha value is -0.730. The summed E-state index contributed by atoms with van der Waals surface area (Å²) in [6, 6.07) is -0.756. The number of primary amides is 1. The van der Waals surface area contributed by atoms with Crippen LogP contribution in [0.15, 0.2) is 0 Å². The molecule has 1 aliphatic heterocycles. The van der Waals surface area contributed by atoms with Gasteiger partial charge >= 0.3 is 0 Å². The molecule has 1 aliphatic rings. The minimum atomic E-state index is -3.61. The molecule has 0 aromatic heterocycles. The quantitative estimate of drug-likeness (QED) is 0.630. The Morgan fingerprint density at radius 2 is 2.00 bits per heavy atom. The van der Waals surface area contributed by atoms with Gasteiger partial charge in [0.25, 0.3) is 0 Å². The summed E-state index contributed by atoms with van der Waals surface area (Å²) in [6.07, 6.45) is 1.99. The van der Waals surface area contributed by atoms with Gasteiger partial charge < -0.3 is 11.5 Å². The summed E-state index contributed by atoms with van der Waals surface area (Å²) >= 11 is 4.57. The van der Waals surface area contributed by atoms with Gasteiger partial charge in [0.2, 0.25) is 15.9 Å². The van der Waals surface area contributed by atoms with Crippen LogP contribution in [0, 0.1) is 0 Å². The lowest BCUT2D eigenvalue weighted by Gasteiger charge is -2.32. The molecule has 0 aromatic rings. The molecular formula is C8H15N3O3S2. The number of hydrogen-bond donors (Lipinski definition) is 2. The molecule has 16 heavy (non-hydrogen) atoms. The van der Waals surface area contributed by atoms with E-state index in [1.54, 1.807) is 0 Å². The van der Waals surface area contributed by atoms with Gasteiger partial charge in [-0.15, -0.1) is 0 Å². The lowest BCUT2D eigenvalue weighted by atomic mass is 10.0. The number of nitrogens with two attached hydrogens (primary N) is 2. The second-order valence-corrected chi connectivity index (χ2v) is 6.19. The second-order valence-electron chi connectivity index (χ2n) is 3.75. The van der Waals surface area contributed by atoms with Crippen molar-refractivity contribution in [1.29, 1.82) is 0 Å². The van der Waals surface area contributed by atoms with Crippen LogP contribution in [-0.4, -0.2) is 42.0 Å². The topological polar surface area (TPSA) is 106 Å². The summed E-state index contributed by atoms with van der Waals surface area (Å²) in [5, 5.41) is 0. The van der Waals surface area contributed by atoms with Crippen molar-refractivity contribution in [1.82, 2.24) is 4.31 Å². The smallest absolute Gasteiger partial charge is 0.235 e. The number of rotatable bonds is 4. The van der Waals surface area contributed by atoms with Gasteiger partial charge in [0.1, 0.15) is 11.8 Å². The minimum Gasteiger partial charge on any atom is -0.392 e. The van der Waals surface area contributed by atoms with E-state index in [0.717, 1.165) is 17.1 Å². The zero-order valence-electron chi connectivity index (χ0n) is 8.76. The molecule has 0 radical (unpaired) electrons. The number of amides is 1. The molecule has 0 bridgehead atoms. The van der Waals surface area contributed by atoms with Crippen molar-refractivity contribution in [2.75, 3.05) is 12.3 Å². The van der Waals surface area contributed by atoms with Crippen molar-refractivity contribution in [2.45, 2.75) is 25.3 Å². The molecule has 0 saturated carbocycles. The van der Waals surface area contributed by atoms with Gasteiger partial charge in [-0.1, -0.05) is 18.6 Å². The summed E-state index contributed by atoms with van der Waals surface area (Å²) in [7, 11) is -3.61. The Labute approximate surface area is 100 Å². The van der Waals surface area contributed by atoms with Crippen molar-refractivity contribution in [3.8, 4) is 0 Å². The van der Waals surface area contributed by atoms with E-state index < -0.39 is 27.7 Å². The summed E-state index contributed by atoms with van der Waals surface area (Å²) in [6.45, 7) is 0.304. The molecule has 1 amide bonds. The first-order chi connectivity index (χ1) is 7.34. The number of thiocarbonyl (C=S) groups is 1. The summed E-state index contributed by atoms with van der Waals surface area (Å²) in [5.41, 5.74) is 10.4. The molecule has 1 heterocycles. The third kappa shape index (κ3) is 3.13. The van der Waals surface area contributed by atoms with Crippen LogP contribution in [0.3, 0.4) is 0 Å². The van der Waals surface area contributed by atoms with E-state index in [2.05, 4.69) is 12.2 Å². The number of carbonyl (C=O) groups is 1. The number of sulfonamides is 1. The fourth-order valence-corrected chi connectivity index (χ4v) is 3.76. The molecule has 1 rings (SSSR count). The van der Waals surface area contributed by atoms with Crippen LogP contribution in [0.25, 0.3) is 0 Å². The van der Waals surface area contributed by atoms with Crippen molar-refractivity contribution < 1.29 is 13.2 Å². The van der Waals surface area contributed by atoms with Crippen molar-refractivity contribution in [2.24, 2.45) is 11.5 Å². The number of carbonyl (C=O) groups excluding carboxylic acids is 1. The molecule has 92 valence electrons. The van der Waals surface area contributed by atoms with Gasteiger partial charge in [-0.3, -0.25) is 4.79 Å². The number of hydrogen-bond acceptors (Lipinski definition) is 4. The highest BCUT2D eigenvalue weighted by Gasteiger charge is 2.35. The number of piperidine rings is 1. The average Bonchev–Trinajstić information content (AvgIpc) is 2.15. The molecular weight excluding hydrogens is 250 g/mol. The van der Waals surface area contributed by atoms with Crippen LogP contribution in [0.1, 0.15) is 19.3 Å². The Morgan fingerprint density at radius 1 is 1.38 bits per heavy atom. The van der Waals surface area contributed by atoms with E-state index in [0.29, 0.717) is 13.0 Å². The fourth-order valence-electron chi connectivity index (χ4n) is 1.78. The van der Waals surface area contributed by atoms with Gasteiger partial charge in [0.15, 0.2) is 0 Å². The first kappa shape index (κ1) is 13.3. The molecule has 6 nitrogen and oxygen atoms in total. The molecule has 8 heteroatoms. The highest BCUT2D eigenvalue weighted by atomic mass is 32.2. The maximum atomic E-state index is 11.9. The van der Waals surface area contributed by atoms with Crippen LogP contribution >= 0.6 is 12.2 Å². The highest BCUT2D eigenvalue weighted by Crippen LogP contribution is 2.20. The van der Waals surface area contributed by atoms with E-state index >= 15 is 0 Å². The van der Waals surface area contributed by atoms with E-state index in [1.807, 2.05) is 0 Å². The maximum Gasteiger partial charge on any atom is 0.235 e. The number of nitrogens with zero attached hydrogens (tertiary/aromatic N) is 1. The van der Waals surface area contributed by atoms with Crippen LogP contribution < -0.4 is 11.5 Å². The van der Waals surface area contributed by atoms with E-state index in [-0.39, 0.29) is 4.99 Å². The Kier molecular flexibility index (Phi) is 4.22. The Bertz CT molecular complexity index is 393. The average molecular weight is 265 g/mol. The van der Waals surface area contributed by atoms with Gasteiger partial charge in [0, 0.05) is 6.54 Å². The summed E-state index contributed by atoms with van der Waals surface area (Å²) in [4.78, 5) is 11.0. The van der Waals surface area contributed by atoms with E-state index in [4.69, 9.17) is 11.5 Å². The molecule has 0 aromatic carbocycles. The van der Waals surface area contributed by atoms with Gasteiger partial charge in [-0.2, -0.15) is 4.31 Å². The van der Waals surface area contributed by atoms with E-state index in [9.17, 15) is 13.2 Å². The van der Waals surface area contributed by atoms with Crippen LogP contribution in [-0.2, 0) is 14.8 Å². The molecule has 0 spiro atoms. The first-order valence-corrected chi connectivity index (χ1v) is 6.93. The van der Waals surface area contributed by atoms with Crippen molar-refractivity contribution in [3.63, 3.8) is 0 Å². The molecule has 0 aliphatic carbocycles. The fraction of sp³-hybridized carbons (Fsp3) is 0.750. The summed E-state index contributed by atoms with van der Waals surface area (Å²) < 4.78 is 24.8. The molecule has 1 unspecified atom stereocenters. The molecule has 4 N–H and O–H groups in total. The van der Waals surface area contributed by atoms with E-state index in [1.165, 1.54) is 0 Å². The lowest BCUT2D eigenvalue weighted by molar-refractivity contribution is -0.122. The van der Waals surface area contributed by atoms with Crippen LogP contribution in [0.4, 0.5) is 0 Å². The zero-order valence-corrected chi connectivity index (χ0v) is 10.4. The first-order valence-electron chi connectivity index (χ1n) is 4.92. The minimum absolute atomic E-state index is 0.103. The standard InChI is InChI=1S/C8H15N3O3S2/c9-7(15)5-16(13,14)11-4-2-1-3-6(11)8(10)12/h6H,1-5H2,(H2,9,15)(H2,10,12). The van der Waals surface area contributed by atoms with Crippen molar-refractivity contribution in [3.05, 3.63) is 0 Å². The summed E-state index contributed by atoms with van der Waals surface area (Å²) in [5.74, 6) is -1.03. The largest absolute Gasteiger partial charge is 0.392 e. The van der Waals surface area contributed by atoms with Crippen LogP contribution in [0.2, 0.25) is 0 Å². The third-order valence-electron chi connectivity index (χ3n) is 2.46. The van der Waals surface area contributed by atoms with Gasteiger partial charge in [0.05, 0.1) is 4.99 Å². The Balaban J connectivity index is 2.90.